The second-order valence-corrected chi connectivity index (χ2v) is 32.2. The van der Waals surface area contributed by atoms with Crippen LogP contribution < -0.4 is 31.1 Å². The third kappa shape index (κ3) is 8.47. The van der Waals surface area contributed by atoms with Crippen LogP contribution in [0.15, 0.2) is 146 Å². The topological polar surface area (TPSA) is 9.72 Å². The van der Waals surface area contributed by atoms with Crippen LogP contribution in [0.4, 0.5) is 51.2 Å². The lowest BCUT2D eigenvalue weighted by Gasteiger charge is -2.48. The lowest BCUT2D eigenvalue weighted by Crippen LogP contribution is -2.62. The third-order valence-corrected chi connectivity index (χ3v) is 20.9. The monoisotopic (exact) mass is 1090 g/mol. The highest BCUT2D eigenvalue weighted by atomic mass is 15.2. The Morgan fingerprint density at radius 3 is 1.42 bits per heavy atom. The van der Waals surface area contributed by atoms with Gasteiger partial charge >= 0.3 is 0 Å². The number of benzene rings is 8. The molecule has 8 aromatic carbocycles. The molecule has 5 aliphatic rings. The highest BCUT2D eigenvalue weighted by Gasteiger charge is 2.50. The van der Waals surface area contributed by atoms with E-state index in [9.17, 15) is 0 Å². The van der Waals surface area contributed by atoms with Crippen molar-refractivity contribution in [1.29, 1.82) is 0 Å². The van der Waals surface area contributed by atoms with Crippen molar-refractivity contribution in [2.24, 2.45) is 0 Å². The van der Waals surface area contributed by atoms with Crippen LogP contribution in [0.1, 0.15) is 206 Å². The number of rotatable bonds is 5. The third-order valence-electron chi connectivity index (χ3n) is 20.9. The fourth-order valence-electron chi connectivity index (χ4n) is 16.1. The molecule has 0 amide bonds. The van der Waals surface area contributed by atoms with Crippen LogP contribution in [0, 0.1) is 6.92 Å². The zero-order valence-electron chi connectivity index (χ0n) is 53.9. The van der Waals surface area contributed by atoms with Gasteiger partial charge in [-0.05, 0) is 208 Å². The highest BCUT2D eigenvalue weighted by molar-refractivity contribution is 7.00. The minimum absolute atomic E-state index is 0.00671. The van der Waals surface area contributed by atoms with Gasteiger partial charge in [-0.1, -0.05) is 210 Å². The second-order valence-electron chi connectivity index (χ2n) is 32.2. The molecular weight excluding hydrogens is 1000 g/mol. The molecule has 0 saturated heterocycles. The molecule has 0 spiro atoms. The fraction of sp³-hybridized carbons (Fsp3) is 0.392. The van der Waals surface area contributed by atoms with Crippen LogP contribution in [0.5, 0.6) is 0 Å². The van der Waals surface area contributed by atoms with Crippen molar-refractivity contribution >= 4 is 74.3 Å². The second kappa shape index (κ2) is 17.9. The summed E-state index contributed by atoms with van der Waals surface area (Å²) in [5.74, 6) is 0. The fourth-order valence-corrected chi connectivity index (χ4v) is 16.1. The Bertz CT molecular complexity index is 3930. The first kappa shape index (κ1) is 55.4. The van der Waals surface area contributed by atoms with Crippen molar-refractivity contribution in [1.82, 2.24) is 0 Å². The van der Waals surface area contributed by atoms with Crippen molar-refractivity contribution in [2.45, 2.75) is 201 Å². The SMILES string of the molecule is Cc1cc2c(cc1N1c3cc4c(cc3B3c5ccc(N(c6ccc(C(C)(C)C)cc6)c6ccc(C(C)(C)C)cc6)cc5N(c5cccc6c5-c5ccccc5C6(C)C)c5cc(C(C)(C)C)cc1c53)C(C)(C)CCC4(C)C)C(C)(C)CC2(C)C. The standard InChI is InChI=1S/C79H90BN3/c1-48-40-58-61(78(17,18)47-77(58,15)16)45-65(48)83-67-46-60-59(75(11,12)38-39-76(60,13)14)44-63(67)80-62-37-36-54(81(52-32-28-49(29-33-52)72(2,3)4)53-34-30-50(31-35-53)73(5,6)7)43-66(62)82(68-41-51(74(8,9)10)42-69(83)71(68)80)64-27-23-26-57-70(64)55-24-21-22-25-56(55)79(57,19)20/h21-37,40-46H,38-39,47H2,1-20H3. The molecule has 424 valence electrons. The average molecular weight is 1090 g/mol. The van der Waals surface area contributed by atoms with E-state index in [1.54, 1.807) is 0 Å². The molecule has 3 aliphatic carbocycles. The Labute approximate surface area is 499 Å². The number of hydrogen-bond acceptors (Lipinski definition) is 3. The van der Waals surface area contributed by atoms with E-state index in [0.29, 0.717) is 0 Å². The molecule has 2 heterocycles. The van der Waals surface area contributed by atoms with Crippen LogP contribution >= 0.6 is 0 Å². The first-order valence-corrected chi connectivity index (χ1v) is 31.2. The van der Waals surface area contributed by atoms with E-state index >= 15 is 0 Å². The van der Waals surface area contributed by atoms with E-state index in [0.717, 1.165) is 36.3 Å². The number of anilines is 9. The van der Waals surface area contributed by atoms with Crippen LogP contribution in [0.3, 0.4) is 0 Å². The van der Waals surface area contributed by atoms with Gasteiger partial charge in [0.25, 0.3) is 6.71 Å². The summed E-state index contributed by atoms with van der Waals surface area (Å²) in [6.07, 6.45) is 3.43. The van der Waals surface area contributed by atoms with E-state index in [1.165, 1.54) is 117 Å². The molecule has 0 aromatic heterocycles. The molecule has 0 N–H and O–H groups in total. The van der Waals surface area contributed by atoms with E-state index in [2.05, 4.69) is 299 Å². The van der Waals surface area contributed by atoms with Crippen molar-refractivity contribution < 1.29 is 0 Å². The van der Waals surface area contributed by atoms with Gasteiger partial charge in [-0.25, -0.2) is 0 Å². The minimum Gasteiger partial charge on any atom is -0.311 e. The molecule has 3 nitrogen and oxygen atoms in total. The minimum atomic E-state index is -0.185. The van der Waals surface area contributed by atoms with E-state index < -0.39 is 0 Å². The lowest BCUT2D eigenvalue weighted by molar-refractivity contribution is 0.332. The predicted molar refractivity (Wildman–Crippen MR) is 360 cm³/mol. The van der Waals surface area contributed by atoms with Gasteiger partial charge in [-0.15, -0.1) is 0 Å². The van der Waals surface area contributed by atoms with Gasteiger partial charge in [-0.3, -0.25) is 0 Å². The quantitative estimate of drug-likeness (QED) is 0.159. The molecule has 4 heteroatoms. The van der Waals surface area contributed by atoms with Crippen LogP contribution in [-0.2, 0) is 43.3 Å². The summed E-state index contributed by atoms with van der Waals surface area (Å²) >= 11 is 0. The lowest BCUT2D eigenvalue weighted by atomic mass is 9.33. The molecule has 13 rings (SSSR count). The molecule has 2 aliphatic heterocycles. The van der Waals surface area contributed by atoms with Gasteiger partial charge in [0.1, 0.15) is 0 Å². The molecule has 0 atom stereocenters. The first-order chi connectivity index (χ1) is 38.7. The van der Waals surface area contributed by atoms with Gasteiger partial charge in [0.2, 0.25) is 0 Å². The molecular formula is C79H90BN3. The zero-order valence-corrected chi connectivity index (χ0v) is 53.9. The van der Waals surface area contributed by atoms with Crippen molar-refractivity contribution in [2.75, 3.05) is 14.7 Å². The Morgan fingerprint density at radius 2 is 0.855 bits per heavy atom. The van der Waals surface area contributed by atoms with Gasteiger partial charge in [0, 0.05) is 56.5 Å². The Hall–Kier alpha value is -6.78. The van der Waals surface area contributed by atoms with Crippen molar-refractivity contribution in [3.8, 4) is 11.1 Å². The molecule has 0 saturated carbocycles. The van der Waals surface area contributed by atoms with Gasteiger partial charge < -0.3 is 14.7 Å². The van der Waals surface area contributed by atoms with Gasteiger partial charge in [-0.2, -0.15) is 0 Å². The predicted octanol–water partition coefficient (Wildman–Crippen LogP) is 20.1. The van der Waals surface area contributed by atoms with E-state index in [4.69, 9.17) is 0 Å². The number of hydrogen-bond donors (Lipinski definition) is 0. The summed E-state index contributed by atoms with van der Waals surface area (Å²) < 4.78 is 0. The Kier molecular flexibility index (Phi) is 11.9. The number of aryl methyl sites for hydroxylation is 1. The zero-order chi connectivity index (χ0) is 59.3. The normalized spacial score (nSPS) is 18.1. The van der Waals surface area contributed by atoms with Crippen LogP contribution in [0.2, 0.25) is 0 Å². The molecule has 8 aromatic rings. The summed E-state index contributed by atoms with van der Waals surface area (Å²) in [5, 5.41) is 0. The van der Waals surface area contributed by atoms with Crippen LogP contribution in [-0.4, -0.2) is 6.71 Å². The summed E-state index contributed by atoms with van der Waals surface area (Å²) in [6, 6.07) is 58.5. The smallest absolute Gasteiger partial charge is 0.252 e. The first-order valence-electron chi connectivity index (χ1n) is 31.2. The molecule has 0 unspecified atom stereocenters. The summed E-state index contributed by atoms with van der Waals surface area (Å²) in [5.41, 5.74) is 31.7. The highest BCUT2D eigenvalue weighted by Crippen LogP contribution is 2.58. The maximum atomic E-state index is 2.77. The maximum Gasteiger partial charge on any atom is 0.252 e. The Morgan fingerprint density at radius 1 is 0.386 bits per heavy atom. The number of nitrogens with zero attached hydrogens (tertiary/aromatic N) is 3. The molecule has 83 heavy (non-hydrogen) atoms. The molecule has 0 bridgehead atoms. The van der Waals surface area contributed by atoms with Crippen LogP contribution in [0.25, 0.3) is 11.1 Å². The Balaban J connectivity index is 1.17. The van der Waals surface area contributed by atoms with Gasteiger partial charge in [0.05, 0.1) is 5.69 Å². The van der Waals surface area contributed by atoms with Gasteiger partial charge in [0.15, 0.2) is 0 Å². The summed E-state index contributed by atoms with van der Waals surface area (Å²) in [7, 11) is 0. The summed E-state index contributed by atoms with van der Waals surface area (Å²) in [4.78, 5) is 8.01. The van der Waals surface area contributed by atoms with E-state index in [1.807, 2.05) is 0 Å². The average Bonchev–Trinajstić information content (AvgIpc) is 1.25. The molecule has 0 radical (unpaired) electrons. The molecule has 0 fully saturated rings. The maximum absolute atomic E-state index is 2.77. The van der Waals surface area contributed by atoms with E-state index in [-0.39, 0.29) is 50.0 Å². The number of fused-ring (bicyclic) bond motifs is 9. The largest absolute Gasteiger partial charge is 0.311 e. The summed E-state index contributed by atoms with van der Waals surface area (Å²) in [6.45, 7) is 48.2. The van der Waals surface area contributed by atoms with Crippen molar-refractivity contribution in [3.05, 3.63) is 201 Å². The van der Waals surface area contributed by atoms with Crippen molar-refractivity contribution in [3.63, 3.8) is 0 Å².